The standard InChI is InChI=1S/C8H10N2/c9-6-3-5-8-4-1-2-7-10-8/h1-5,7H,6,9H2/b5-3-. The van der Waals surface area contributed by atoms with E-state index in [9.17, 15) is 0 Å². The Kier molecular flexibility index (Phi) is 2.64. The lowest BCUT2D eigenvalue weighted by molar-refractivity contribution is 1.25. The zero-order valence-corrected chi connectivity index (χ0v) is 5.70. The first-order valence-corrected chi connectivity index (χ1v) is 3.21. The molecule has 2 nitrogen and oxygen atoms in total. The SMILES string of the molecule is NC/C=C\c1ccccn1. The van der Waals surface area contributed by atoms with E-state index >= 15 is 0 Å². The summed E-state index contributed by atoms with van der Waals surface area (Å²) in [5.41, 5.74) is 6.21. The second-order valence-electron chi connectivity index (χ2n) is 1.89. The maximum atomic E-state index is 5.26. The van der Waals surface area contributed by atoms with E-state index in [1.807, 2.05) is 30.4 Å². The zero-order chi connectivity index (χ0) is 7.23. The van der Waals surface area contributed by atoms with Gasteiger partial charge in [0.15, 0.2) is 0 Å². The minimum atomic E-state index is 0.566. The Labute approximate surface area is 60.4 Å². The van der Waals surface area contributed by atoms with Gasteiger partial charge in [0.05, 0.1) is 5.69 Å². The van der Waals surface area contributed by atoms with E-state index in [4.69, 9.17) is 5.73 Å². The lowest BCUT2D eigenvalue weighted by Crippen LogP contribution is -1.92. The molecular formula is C8H10N2. The van der Waals surface area contributed by atoms with Gasteiger partial charge in [0.2, 0.25) is 0 Å². The fraction of sp³-hybridized carbons (Fsp3) is 0.125. The average Bonchev–Trinajstić information content (AvgIpc) is 2.03. The van der Waals surface area contributed by atoms with Crippen LogP contribution in [0.2, 0.25) is 0 Å². The van der Waals surface area contributed by atoms with Crippen LogP contribution in [0.5, 0.6) is 0 Å². The summed E-state index contributed by atoms with van der Waals surface area (Å²) in [6.45, 7) is 0.566. The molecule has 10 heavy (non-hydrogen) atoms. The van der Waals surface area contributed by atoms with Gasteiger partial charge in [0.25, 0.3) is 0 Å². The molecule has 1 aromatic rings. The summed E-state index contributed by atoms with van der Waals surface area (Å²) in [6.07, 6.45) is 5.54. The molecule has 0 bridgehead atoms. The summed E-state index contributed by atoms with van der Waals surface area (Å²) in [5, 5.41) is 0. The van der Waals surface area contributed by atoms with Gasteiger partial charge in [0.1, 0.15) is 0 Å². The predicted octanol–water partition coefficient (Wildman–Crippen LogP) is 1.05. The molecule has 0 atom stereocenters. The fourth-order valence-corrected chi connectivity index (χ4v) is 0.663. The summed E-state index contributed by atoms with van der Waals surface area (Å²) in [7, 11) is 0. The van der Waals surface area contributed by atoms with E-state index in [0.717, 1.165) is 5.69 Å². The average molecular weight is 134 g/mol. The van der Waals surface area contributed by atoms with Crippen LogP contribution in [0.25, 0.3) is 6.08 Å². The number of aromatic nitrogens is 1. The number of nitrogens with two attached hydrogens (primary N) is 1. The van der Waals surface area contributed by atoms with Gasteiger partial charge in [-0.05, 0) is 18.2 Å². The summed E-state index contributed by atoms with van der Waals surface area (Å²) in [4.78, 5) is 4.07. The van der Waals surface area contributed by atoms with E-state index in [0.29, 0.717) is 6.54 Å². The second-order valence-corrected chi connectivity index (χ2v) is 1.89. The number of nitrogens with zero attached hydrogens (tertiary/aromatic N) is 1. The number of hydrogen-bond acceptors (Lipinski definition) is 2. The van der Waals surface area contributed by atoms with Crippen molar-refractivity contribution in [2.45, 2.75) is 0 Å². The van der Waals surface area contributed by atoms with Gasteiger partial charge in [-0.25, -0.2) is 0 Å². The van der Waals surface area contributed by atoms with E-state index in [1.165, 1.54) is 0 Å². The largest absolute Gasteiger partial charge is 0.327 e. The van der Waals surface area contributed by atoms with E-state index in [1.54, 1.807) is 6.20 Å². The molecule has 0 fully saturated rings. The molecule has 1 aromatic heterocycles. The Hall–Kier alpha value is -1.15. The summed E-state index contributed by atoms with van der Waals surface area (Å²) >= 11 is 0. The van der Waals surface area contributed by atoms with Crippen LogP contribution >= 0.6 is 0 Å². The summed E-state index contributed by atoms with van der Waals surface area (Å²) in [6, 6.07) is 5.77. The fourth-order valence-electron chi connectivity index (χ4n) is 0.663. The van der Waals surface area contributed by atoms with Crippen LogP contribution in [-0.4, -0.2) is 11.5 Å². The molecule has 2 N–H and O–H groups in total. The van der Waals surface area contributed by atoms with Gasteiger partial charge in [-0.15, -0.1) is 0 Å². The van der Waals surface area contributed by atoms with Crippen LogP contribution in [0.1, 0.15) is 5.69 Å². The Morgan fingerprint density at radius 3 is 3.00 bits per heavy atom. The van der Waals surface area contributed by atoms with Gasteiger partial charge in [-0.2, -0.15) is 0 Å². The highest BCUT2D eigenvalue weighted by molar-refractivity contribution is 5.43. The first-order chi connectivity index (χ1) is 4.93. The minimum absolute atomic E-state index is 0.566. The Morgan fingerprint density at radius 2 is 2.40 bits per heavy atom. The highest BCUT2D eigenvalue weighted by atomic mass is 14.6. The van der Waals surface area contributed by atoms with Crippen molar-refractivity contribution in [1.29, 1.82) is 0 Å². The topological polar surface area (TPSA) is 38.9 Å². The van der Waals surface area contributed by atoms with E-state index in [-0.39, 0.29) is 0 Å². The second kappa shape index (κ2) is 3.80. The molecule has 1 heterocycles. The third kappa shape index (κ3) is 1.99. The predicted molar refractivity (Wildman–Crippen MR) is 42.3 cm³/mol. The molecular weight excluding hydrogens is 124 g/mol. The molecule has 2 heteroatoms. The third-order valence-electron chi connectivity index (χ3n) is 1.11. The van der Waals surface area contributed by atoms with Crippen molar-refractivity contribution >= 4 is 6.08 Å². The smallest absolute Gasteiger partial charge is 0.0626 e. The van der Waals surface area contributed by atoms with Crippen molar-refractivity contribution in [3.05, 3.63) is 36.2 Å². The van der Waals surface area contributed by atoms with Crippen LogP contribution in [0, 0.1) is 0 Å². The van der Waals surface area contributed by atoms with Crippen LogP contribution in [0.15, 0.2) is 30.5 Å². The lowest BCUT2D eigenvalue weighted by Gasteiger charge is -1.87. The normalized spacial score (nSPS) is 10.5. The van der Waals surface area contributed by atoms with Crippen LogP contribution in [0.3, 0.4) is 0 Å². The molecule has 0 amide bonds. The molecule has 0 aromatic carbocycles. The van der Waals surface area contributed by atoms with Crippen molar-refractivity contribution in [1.82, 2.24) is 4.98 Å². The molecule has 0 spiro atoms. The van der Waals surface area contributed by atoms with Crippen LogP contribution in [-0.2, 0) is 0 Å². The van der Waals surface area contributed by atoms with Gasteiger partial charge in [0, 0.05) is 12.7 Å². The van der Waals surface area contributed by atoms with Crippen molar-refractivity contribution in [2.75, 3.05) is 6.54 Å². The summed E-state index contributed by atoms with van der Waals surface area (Å²) < 4.78 is 0. The first-order valence-electron chi connectivity index (χ1n) is 3.21. The first kappa shape index (κ1) is 6.96. The Morgan fingerprint density at radius 1 is 1.50 bits per heavy atom. The molecule has 0 radical (unpaired) electrons. The Balaban J connectivity index is 2.67. The molecule has 0 aliphatic heterocycles. The minimum Gasteiger partial charge on any atom is -0.327 e. The third-order valence-corrected chi connectivity index (χ3v) is 1.11. The van der Waals surface area contributed by atoms with E-state index < -0.39 is 0 Å². The number of rotatable bonds is 2. The van der Waals surface area contributed by atoms with Crippen molar-refractivity contribution in [3.8, 4) is 0 Å². The maximum Gasteiger partial charge on any atom is 0.0626 e. The number of hydrogen-bond donors (Lipinski definition) is 1. The summed E-state index contributed by atoms with van der Waals surface area (Å²) in [5.74, 6) is 0. The quantitative estimate of drug-likeness (QED) is 0.656. The van der Waals surface area contributed by atoms with Crippen LogP contribution < -0.4 is 5.73 Å². The molecule has 1 rings (SSSR count). The molecule has 0 aliphatic carbocycles. The van der Waals surface area contributed by atoms with Crippen LogP contribution in [0.4, 0.5) is 0 Å². The highest BCUT2D eigenvalue weighted by Crippen LogP contribution is 1.94. The molecule has 52 valence electrons. The highest BCUT2D eigenvalue weighted by Gasteiger charge is 1.80. The maximum absolute atomic E-state index is 5.26. The van der Waals surface area contributed by atoms with Gasteiger partial charge < -0.3 is 5.73 Å². The molecule has 0 saturated carbocycles. The van der Waals surface area contributed by atoms with Crippen molar-refractivity contribution in [2.24, 2.45) is 5.73 Å². The lowest BCUT2D eigenvalue weighted by atomic mass is 10.3. The van der Waals surface area contributed by atoms with Gasteiger partial charge in [-0.1, -0.05) is 12.1 Å². The zero-order valence-electron chi connectivity index (χ0n) is 5.70. The van der Waals surface area contributed by atoms with Gasteiger partial charge in [-0.3, -0.25) is 4.98 Å². The van der Waals surface area contributed by atoms with Crippen molar-refractivity contribution in [3.63, 3.8) is 0 Å². The van der Waals surface area contributed by atoms with E-state index in [2.05, 4.69) is 4.98 Å². The van der Waals surface area contributed by atoms with Gasteiger partial charge >= 0.3 is 0 Å². The van der Waals surface area contributed by atoms with Crippen molar-refractivity contribution < 1.29 is 0 Å². The molecule has 0 unspecified atom stereocenters. The molecule has 0 aliphatic rings. The monoisotopic (exact) mass is 134 g/mol. The molecule has 0 saturated heterocycles. The Bertz CT molecular complexity index is 204. The number of pyridine rings is 1.